The number of aryl methyl sites for hydroxylation is 1. The molecule has 0 atom stereocenters. The molecule has 3 aromatic rings. The zero-order chi connectivity index (χ0) is 26.5. The van der Waals surface area contributed by atoms with Crippen molar-refractivity contribution >= 4 is 53.2 Å². The van der Waals surface area contributed by atoms with E-state index in [1.807, 2.05) is 6.07 Å². The van der Waals surface area contributed by atoms with Gasteiger partial charge in [0.2, 0.25) is 5.91 Å². The Bertz CT molecular complexity index is 1330. The Balaban J connectivity index is 0.00000400. The molecule has 0 saturated carbocycles. The van der Waals surface area contributed by atoms with Crippen LogP contribution in [0.1, 0.15) is 57.9 Å². The largest absolute Gasteiger partial charge is 0.478 e. The lowest BCUT2D eigenvalue weighted by molar-refractivity contribution is -0.116. The third-order valence-corrected chi connectivity index (χ3v) is 6.65. The average molecular weight is 557 g/mol. The number of carboxylic acids is 1. The number of carboxylic acid groups (broad SMARTS) is 1. The highest BCUT2D eigenvalue weighted by Gasteiger charge is 2.21. The molecule has 0 unspecified atom stereocenters. The Morgan fingerprint density at radius 3 is 2.47 bits per heavy atom. The van der Waals surface area contributed by atoms with Crippen LogP contribution in [-0.4, -0.2) is 45.4 Å². The van der Waals surface area contributed by atoms with Crippen LogP contribution in [-0.2, 0) is 24.2 Å². The maximum absolute atomic E-state index is 13.1. The number of benzene rings is 2. The molecule has 10 heteroatoms. The molecular formula is C28H30Cl2N4O4. The summed E-state index contributed by atoms with van der Waals surface area (Å²) < 4.78 is 0. The molecule has 200 valence electrons. The molecule has 2 amide bonds. The van der Waals surface area contributed by atoms with Crippen molar-refractivity contribution in [3.05, 3.63) is 87.7 Å². The number of carbonyl (C=O) groups is 3. The number of hydrogen-bond acceptors (Lipinski definition) is 5. The Labute approximate surface area is 232 Å². The van der Waals surface area contributed by atoms with Gasteiger partial charge in [-0.2, -0.15) is 0 Å². The number of rotatable bonds is 8. The van der Waals surface area contributed by atoms with Crippen LogP contribution in [0.3, 0.4) is 0 Å². The number of nitrogens with zero attached hydrogens (tertiary/aromatic N) is 2. The van der Waals surface area contributed by atoms with Crippen LogP contribution in [0.4, 0.5) is 11.4 Å². The first-order chi connectivity index (χ1) is 17.7. The van der Waals surface area contributed by atoms with Crippen LogP contribution < -0.4 is 10.6 Å². The lowest BCUT2D eigenvalue weighted by Crippen LogP contribution is -2.36. The van der Waals surface area contributed by atoms with E-state index in [0.717, 1.165) is 30.8 Å². The predicted octanol–water partition coefficient (Wildman–Crippen LogP) is 5.45. The van der Waals surface area contributed by atoms with Crippen molar-refractivity contribution in [1.29, 1.82) is 0 Å². The van der Waals surface area contributed by atoms with Crippen molar-refractivity contribution in [2.24, 2.45) is 0 Å². The van der Waals surface area contributed by atoms with Crippen LogP contribution in [0.15, 0.2) is 54.6 Å². The van der Waals surface area contributed by atoms with Gasteiger partial charge >= 0.3 is 5.97 Å². The summed E-state index contributed by atoms with van der Waals surface area (Å²) in [5, 5.41) is 15.6. The van der Waals surface area contributed by atoms with E-state index in [0.29, 0.717) is 34.4 Å². The van der Waals surface area contributed by atoms with E-state index in [1.54, 1.807) is 36.4 Å². The molecule has 0 radical (unpaired) electrons. The quantitative estimate of drug-likeness (QED) is 0.340. The van der Waals surface area contributed by atoms with E-state index in [-0.39, 0.29) is 36.0 Å². The van der Waals surface area contributed by atoms with E-state index in [9.17, 15) is 19.5 Å². The first-order valence-electron chi connectivity index (χ1n) is 12.2. The molecular weight excluding hydrogens is 527 g/mol. The summed E-state index contributed by atoms with van der Waals surface area (Å²) >= 11 is 5.88. The number of halogens is 2. The summed E-state index contributed by atoms with van der Waals surface area (Å²) in [6.45, 7) is 5.99. The molecule has 8 nitrogen and oxygen atoms in total. The molecule has 38 heavy (non-hydrogen) atoms. The van der Waals surface area contributed by atoms with Gasteiger partial charge in [0, 0.05) is 54.1 Å². The maximum Gasteiger partial charge on any atom is 0.335 e. The molecule has 0 spiro atoms. The van der Waals surface area contributed by atoms with Crippen molar-refractivity contribution < 1.29 is 19.5 Å². The second-order valence-corrected chi connectivity index (χ2v) is 9.74. The van der Waals surface area contributed by atoms with Crippen LogP contribution in [0.25, 0.3) is 0 Å². The number of anilines is 2. The standard InChI is InChI=1S/C28H29ClN4O4.ClH/c1-17(2)33-14-13-23-20(16-33)5-11-24(31-23)27(35)32-25-15-19(28(36)37)4-3-18(25)6-12-26(34)30-22-9-7-21(29)8-10-22;/h3-5,7-11,15,17H,6,12-14,16H2,1-2H3,(H,30,34)(H,32,35)(H,36,37);1H. The van der Waals surface area contributed by atoms with Gasteiger partial charge in [-0.05, 0) is 73.9 Å². The zero-order valence-electron chi connectivity index (χ0n) is 21.2. The fourth-order valence-electron chi connectivity index (χ4n) is 4.24. The van der Waals surface area contributed by atoms with Gasteiger partial charge in [-0.1, -0.05) is 23.7 Å². The normalized spacial score (nSPS) is 12.8. The Kier molecular flexibility index (Phi) is 9.85. The summed E-state index contributed by atoms with van der Waals surface area (Å²) in [6, 6.07) is 15.3. The Hall–Kier alpha value is -3.46. The monoisotopic (exact) mass is 556 g/mol. The molecule has 2 aromatic carbocycles. The summed E-state index contributed by atoms with van der Waals surface area (Å²) in [7, 11) is 0. The van der Waals surface area contributed by atoms with Crippen molar-refractivity contribution in [3.8, 4) is 0 Å². The first kappa shape index (κ1) is 29.1. The van der Waals surface area contributed by atoms with Crippen LogP contribution in [0, 0.1) is 0 Å². The lowest BCUT2D eigenvalue weighted by Gasteiger charge is -2.31. The zero-order valence-corrected chi connectivity index (χ0v) is 22.7. The van der Waals surface area contributed by atoms with Gasteiger partial charge in [0.1, 0.15) is 5.69 Å². The van der Waals surface area contributed by atoms with E-state index in [1.165, 1.54) is 12.1 Å². The maximum atomic E-state index is 13.1. The van der Waals surface area contributed by atoms with Crippen LogP contribution >= 0.6 is 24.0 Å². The highest BCUT2D eigenvalue weighted by molar-refractivity contribution is 6.30. The molecule has 1 aliphatic heterocycles. The molecule has 0 fully saturated rings. The summed E-state index contributed by atoms with van der Waals surface area (Å²) in [5.41, 5.74) is 3.93. The van der Waals surface area contributed by atoms with Gasteiger partial charge in [-0.15, -0.1) is 12.4 Å². The summed E-state index contributed by atoms with van der Waals surface area (Å²) in [5.74, 6) is -1.75. The Morgan fingerprint density at radius 1 is 1.05 bits per heavy atom. The second kappa shape index (κ2) is 12.9. The highest BCUT2D eigenvalue weighted by atomic mass is 35.5. The highest BCUT2D eigenvalue weighted by Crippen LogP contribution is 2.23. The molecule has 0 bridgehead atoms. The van der Waals surface area contributed by atoms with Gasteiger partial charge in [-0.25, -0.2) is 9.78 Å². The number of nitrogens with one attached hydrogen (secondary N) is 2. The van der Waals surface area contributed by atoms with Crippen molar-refractivity contribution in [2.45, 2.75) is 45.7 Å². The van der Waals surface area contributed by atoms with Gasteiger partial charge in [0.25, 0.3) is 5.91 Å². The third kappa shape index (κ3) is 7.31. The molecule has 3 N–H and O–H groups in total. The van der Waals surface area contributed by atoms with E-state index >= 15 is 0 Å². The van der Waals surface area contributed by atoms with Gasteiger partial charge < -0.3 is 15.7 Å². The number of aromatic nitrogens is 1. The first-order valence-corrected chi connectivity index (χ1v) is 12.5. The molecule has 1 aromatic heterocycles. The van der Waals surface area contributed by atoms with Gasteiger partial charge in [0.15, 0.2) is 0 Å². The van der Waals surface area contributed by atoms with E-state index in [4.69, 9.17) is 11.6 Å². The van der Waals surface area contributed by atoms with E-state index < -0.39 is 11.9 Å². The topological polar surface area (TPSA) is 112 Å². The number of pyridine rings is 1. The predicted molar refractivity (Wildman–Crippen MR) is 150 cm³/mol. The third-order valence-electron chi connectivity index (χ3n) is 6.40. The summed E-state index contributed by atoms with van der Waals surface area (Å²) in [4.78, 5) is 44.0. The molecule has 0 aliphatic carbocycles. The molecule has 0 saturated heterocycles. The number of fused-ring (bicyclic) bond motifs is 1. The fraction of sp³-hybridized carbons (Fsp3) is 0.286. The van der Waals surface area contributed by atoms with E-state index in [2.05, 4.69) is 34.4 Å². The van der Waals surface area contributed by atoms with Crippen LogP contribution in [0.2, 0.25) is 5.02 Å². The number of carbonyl (C=O) groups excluding carboxylic acids is 2. The number of hydrogen-bond donors (Lipinski definition) is 3. The molecule has 1 aliphatic rings. The van der Waals surface area contributed by atoms with Crippen molar-refractivity contribution in [2.75, 3.05) is 17.2 Å². The lowest BCUT2D eigenvalue weighted by atomic mass is 10.0. The van der Waals surface area contributed by atoms with Crippen molar-refractivity contribution in [3.63, 3.8) is 0 Å². The SMILES string of the molecule is CC(C)N1CCc2nc(C(=O)Nc3cc(C(=O)O)ccc3CCC(=O)Nc3ccc(Cl)cc3)ccc2C1.Cl. The fourth-order valence-corrected chi connectivity index (χ4v) is 4.37. The van der Waals surface area contributed by atoms with Gasteiger partial charge in [0.05, 0.1) is 5.56 Å². The smallest absolute Gasteiger partial charge is 0.335 e. The van der Waals surface area contributed by atoms with Crippen molar-refractivity contribution in [1.82, 2.24) is 9.88 Å². The minimum atomic E-state index is -1.11. The number of aromatic carboxylic acids is 1. The Morgan fingerprint density at radius 2 is 1.79 bits per heavy atom. The molecule has 2 heterocycles. The van der Waals surface area contributed by atoms with Gasteiger partial charge in [-0.3, -0.25) is 14.5 Å². The summed E-state index contributed by atoms with van der Waals surface area (Å²) in [6.07, 6.45) is 1.20. The second-order valence-electron chi connectivity index (χ2n) is 9.30. The molecule has 4 rings (SSSR count). The number of amides is 2. The minimum Gasteiger partial charge on any atom is -0.478 e. The minimum absolute atomic E-state index is 0. The average Bonchev–Trinajstić information content (AvgIpc) is 2.88. The van der Waals surface area contributed by atoms with Crippen LogP contribution in [0.5, 0.6) is 0 Å².